The van der Waals surface area contributed by atoms with Gasteiger partial charge in [0, 0.05) is 31.7 Å². The highest BCUT2D eigenvalue weighted by Crippen LogP contribution is 2.45. The molecule has 4 atom stereocenters. The number of aliphatic hydroxyl groups excluding tert-OH is 1. The van der Waals surface area contributed by atoms with E-state index in [1.165, 1.54) is 0 Å². The second kappa shape index (κ2) is 6.69. The molecule has 1 aliphatic carbocycles. The van der Waals surface area contributed by atoms with Gasteiger partial charge in [-0.3, -0.25) is 0 Å². The van der Waals surface area contributed by atoms with E-state index in [0.29, 0.717) is 25.3 Å². The van der Waals surface area contributed by atoms with Crippen LogP contribution in [0.25, 0.3) is 0 Å². The quantitative estimate of drug-likeness (QED) is 0.674. The van der Waals surface area contributed by atoms with Crippen LogP contribution in [0.4, 0.5) is 0 Å². The third kappa shape index (κ3) is 3.41. The van der Waals surface area contributed by atoms with Gasteiger partial charge < -0.3 is 19.9 Å². The van der Waals surface area contributed by atoms with E-state index in [1.54, 1.807) is 7.11 Å². The predicted octanol–water partition coefficient (Wildman–Crippen LogP) is 1.18. The third-order valence-corrected chi connectivity index (χ3v) is 4.07. The van der Waals surface area contributed by atoms with Crippen LogP contribution in [0.5, 0.6) is 0 Å². The van der Waals surface area contributed by atoms with Crippen molar-refractivity contribution in [3.8, 4) is 0 Å². The first kappa shape index (κ1) is 14.9. The summed E-state index contributed by atoms with van der Waals surface area (Å²) >= 11 is 0. The molecule has 102 valence electrons. The van der Waals surface area contributed by atoms with E-state index >= 15 is 0 Å². The summed E-state index contributed by atoms with van der Waals surface area (Å²) in [6.07, 6.45) is 2.06. The summed E-state index contributed by atoms with van der Waals surface area (Å²) in [5.74, 6) is 0. The highest BCUT2D eigenvalue weighted by molar-refractivity contribution is 5.04. The first-order valence-corrected chi connectivity index (χ1v) is 6.60. The standard InChI is InChI=1S/C13H27NO3/c1-5-13(3)11(7-12(13)17-6-2)14-8-10(15)9-16-4/h10-12,14-15H,5-9H2,1-4H3. The van der Waals surface area contributed by atoms with E-state index in [0.717, 1.165) is 19.4 Å². The van der Waals surface area contributed by atoms with Crippen molar-refractivity contribution in [2.75, 3.05) is 26.9 Å². The van der Waals surface area contributed by atoms with Crippen LogP contribution in [0.15, 0.2) is 0 Å². The van der Waals surface area contributed by atoms with Crippen molar-refractivity contribution in [3.05, 3.63) is 0 Å². The maximum atomic E-state index is 9.61. The fraction of sp³-hybridized carbons (Fsp3) is 1.00. The Morgan fingerprint density at radius 1 is 1.47 bits per heavy atom. The summed E-state index contributed by atoms with van der Waals surface area (Å²) in [6, 6.07) is 0.440. The minimum absolute atomic E-state index is 0.197. The van der Waals surface area contributed by atoms with Crippen molar-refractivity contribution in [3.63, 3.8) is 0 Å². The van der Waals surface area contributed by atoms with Crippen molar-refractivity contribution in [1.82, 2.24) is 5.32 Å². The molecule has 2 N–H and O–H groups in total. The molecule has 0 heterocycles. The molecule has 0 aromatic rings. The molecular formula is C13H27NO3. The van der Waals surface area contributed by atoms with Crippen LogP contribution < -0.4 is 5.32 Å². The number of hydrogen-bond donors (Lipinski definition) is 2. The van der Waals surface area contributed by atoms with Crippen molar-refractivity contribution >= 4 is 0 Å². The molecule has 0 aromatic heterocycles. The number of aliphatic hydroxyl groups is 1. The topological polar surface area (TPSA) is 50.7 Å². The van der Waals surface area contributed by atoms with Crippen LogP contribution in [0.3, 0.4) is 0 Å². The summed E-state index contributed by atoms with van der Waals surface area (Å²) in [5.41, 5.74) is 0.197. The number of nitrogens with one attached hydrogen (secondary N) is 1. The van der Waals surface area contributed by atoms with Crippen LogP contribution >= 0.6 is 0 Å². The van der Waals surface area contributed by atoms with E-state index < -0.39 is 6.10 Å². The molecule has 4 heteroatoms. The van der Waals surface area contributed by atoms with Crippen molar-refractivity contribution in [1.29, 1.82) is 0 Å². The van der Waals surface area contributed by atoms with Crippen molar-refractivity contribution in [2.24, 2.45) is 5.41 Å². The normalized spacial score (nSPS) is 34.4. The summed E-state index contributed by atoms with van der Waals surface area (Å²) in [7, 11) is 1.61. The Labute approximate surface area is 105 Å². The van der Waals surface area contributed by atoms with Gasteiger partial charge in [-0.1, -0.05) is 13.8 Å². The lowest BCUT2D eigenvalue weighted by Gasteiger charge is -2.54. The van der Waals surface area contributed by atoms with E-state index in [4.69, 9.17) is 9.47 Å². The fourth-order valence-electron chi connectivity index (χ4n) is 2.60. The third-order valence-electron chi connectivity index (χ3n) is 4.07. The maximum Gasteiger partial charge on any atom is 0.0897 e. The van der Waals surface area contributed by atoms with Gasteiger partial charge in [0.2, 0.25) is 0 Å². The second-order valence-electron chi connectivity index (χ2n) is 5.11. The van der Waals surface area contributed by atoms with Gasteiger partial charge in [0.05, 0.1) is 18.8 Å². The Balaban J connectivity index is 2.35. The van der Waals surface area contributed by atoms with Crippen LogP contribution in [-0.4, -0.2) is 50.2 Å². The molecular weight excluding hydrogens is 218 g/mol. The molecule has 1 aliphatic rings. The van der Waals surface area contributed by atoms with Gasteiger partial charge in [0.25, 0.3) is 0 Å². The fourth-order valence-corrected chi connectivity index (χ4v) is 2.60. The summed E-state index contributed by atoms with van der Waals surface area (Å²) in [4.78, 5) is 0. The van der Waals surface area contributed by atoms with Gasteiger partial charge in [-0.05, 0) is 19.8 Å². The average Bonchev–Trinajstić information content (AvgIpc) is 2.32. The molecule has 0 aromatic carbocycles. The van der Waals surface area contributed by atoms with Gasteiger partial charge in [0.1, 0.15) is 0 Å². The zero-order valence-electron chi connectivity index (χ0n) is 11.5. The van der Waals surface area contributed by atoms with Gasteiger partial charge in [0.15, 0.2) is 0 Å². The molecule has 17 heavy (non-hydrogen) atoms. The first-order valence-electron chi connectivity index (χ1n) is 6.60. The van der Waals surface area contributed by atoms with Crippen LogP contribution in [0.2, 0.25) is 0 Å². The Hall–Kier alpha value is -0.160. The second-order valence-corrected chi connectivity index (χ2v) is 5.11. The molecule has 0 saturated heterocycles. The predicted molar refractivity (Wildman–Crippen MR) is 68.1 cm³/mol. The lowest BCUT2D eigenvalue weighted by molar-refractivity contribution is -0.127. The van der Waals surface area contributed by atoms with Gasteiger partial charge >= 0.3 is 0 Å². The Morgan fingerprint density at radius 3 is 2.71 bits per heavy atom. The maximum absolute atomic E-state index is 9.61. The minimum atomic E-state index is -0.424. The number of rotatable bonds is 8. The summed E-state index contributed by atoms with van der Waals surface area (Å²) in [5, 5.41) is 13.0. The molecule has 4 nitrogen and oxygen atoms in total. The van der Waals surface area contributed by atoms with Crippen molar-refractivity contribution < 1.29 is 14.6 Å². The molecule has 4 unspecified atom stereocenters. The molecule has 0 spiro atoms. The largest absolute Gasteiger partial charge is 0.389 e. The SMILES string of the molecule is CCOC1CC(NCC(O)COC)C1(C)CC. The Morgan fingerprint density at radius 2 is 2.18 bits per heavy atom. The molecule has 1 fully saturated rings. The lowest BCUT2D eigenvalue weighted by Crippen LogP contribution is -2.63. The highest BCUT2D eigenvalue weighted by Gasteiger charge is 2.50. The van der Waals surface area contributed by atoms with E-state index in [-0.39, 0.29) is 5.41 Å². The van der Waals surface area contributed by atoms with E-state index in [1.807, 2.05) is 6.92 Å². The number of ether oxygens (including phenoxy) is 2. The first-order chi connectivity index (χ1) is 8.08. The summed E-state index contributed by atoms with van der Waals surface area (Å²) in [6.45, 7) is 8.26. The van der Waals surface area contributed by atoms with Gasteiger partial charge in [-0.25, -0.2) is 0 Å². The van der Waals surface area contributed by atoms with Crippen LogP contribution in [-0.2, 0) is 9.47 Å². The molecule has 1 saturated carbocycles. The van der Waals surface area contributed by atoms with Gasteiger partial charge in [-0.2, -0.15) is 0 Å². The molecule has 1 rings (SSSR count). The molecule has 0 radical (unpaired) electrons. The van der Waals surface area contributed by atoms with E-state index in [9.17, 15) is 5.11 Å². The monoisotopic (exact) mass is 245 g/mol. The van der Waals surface area contributed by atoms with Crippen molar-refractivity contribution in [2.45, 2.75) is 51.9 Å². The highest BCUT2D eigenvalue weighted by atomic mass is 16.5. The average molecular weight is 245 g/mol. The molecule has 0 amide bonds. The zero-order chi connectivity index (χ0) is 12.9. The molecule has 0 aliphatic heterocycles. The number of methoxy groups -OCH3 is 1. The lowest BCUT2D eigenvalue weighted by atomic mass is 9.61. The van der Waals surface area contributed by atoms with E-state index in [2.05, 4.69) is 19.2 Å². The molecule has 0 bridgehead atoms. The Kier molecular flexibility index (Phi) is 5.86. The minimum Gasteiger partial charge on any atom is -0.389 e. The number of hydrogen-bond acceptors (Lipinski definition) is 4. The smallest absolute Gasteiger partial charge is 0.0897 e. The van der Waals surface area contributed by atoms with Crippen LogP contribution in [0.1, 0.15) is 33.6 Å². The van der Waals surface area contributed by atoms with Crippen LogP contribution in [0, 0.1) is 5.41 Å². The zero-order valence-corrected chi connectivity index (χ0v) is 11.5. The Bertz CT molecular complexity index is 225. The van der Waals surface area contributed by atoms with Gasteiger partial charge in [-0.15, -0.1) is 0 Å². The summed E-state index contributed by atoms with van der Waals surface area (Å²) < 4.78 is 10.7.